The van der Waals surface area contributed by atoms with Gasteiger partial charge >= 0.3 is 0 Å². The molecule has 2 unspecified atom stereocenters. The molecule has 0 radical (unpaired) electrons. The molecule has 1 aliphatic rings. The molecule has 5 nitrogen and oxygen atoms in total. The lowest BCUT2D eigenvalue weighted by Gasteiger charge is -2.52. The van der Waals surface area contributed by atoms with E-state index in [1.165, 1.54) is 35.1 Å². The number of aromatic nitrogens is 1. The van der Waals surface area contributed by atoms with Crippen LogP contribution in [-0.4, -0.2) is 28.3 Å². The second-order valence-corrected chi connectivity index (χ2v) is 13.6. The molecule has 1 aromatic heterocycles. The third-order valence-corrected chi connectivity index (χ3v) is 9.65. The molecule has 0 saturated carbocycles. The van der Waals surface area contributed by atoms with Gasteiger partial charge in [0.25, 0.3) is 0 Å². The Morgan fingerprint density at radius 2 is 1.28 bits per heavy atom. The molecule has 274 valence electrons. The van der Waals surface area contributed by atoms with E-state index in [1.54, 1.807) is 6.20 Å². The molecule has 1 saturated heterocycles. The zero-order valence-corrected chi connectivity index (χ0v) is 32.9. The highest BCUT2D eigenvalue weighted by Crippen LogP contribution is 2.42. The Kier molecular flexibility index (Phi) is 18.5. The van der Waals surface area contributed by atoms with E-state index in [9.17, 15) is 5.21 Å². The lowest BCUT2D eigenvalue weighted by molar-refractivity contribution is -0.900. The van der Waals surface area contributed by atoms with Crippen molar-refractivity contribution in [2.75, 3.05) is 13.1 Å². The fourth-order valence-corrected chi connectivity index (χ4v) is 6.67. The molecule has 0 spiro atoms. The lowest BCUT2D eigenvalue weighted by atomic mass is 9.70. The van der Waals surface area contributed by atoms with Crippen LogP contribution in [0.25, 0.3) is 0 Å². The molecular formula is C45H67N3O2. The molecule has 2 heterocycles. The van der Waals surface area contributed by atoms with Gasteiger partial charge in [0.05, 0.1) is 13.1 Å². The molecule has 1 fully saturated rings. The highest BCUT2D eigenvalue weighted by atomic mass is 16.5. The first-order valence-corrected chi connectivity index (χ1v) is 19.3. The van der Waals surface area contributed by atoms with Gasteiger partial charge in [0.1, 0.15) is 12.3 Å². The van der Waals surface area contributed by atoms with Gasteiger partial charge in [-0.2, -0.15) is 0 Å². The molecule has 0 amide bonds. The molecule has 4 aromatic rings. The van der Waals surface area contributed by atoms with E-state index in [-0.39, 0.29) is 10.6 Å². The maximum atomic E-state index is 14.0. The van der Waals surface area contributed by atoms with Crippen molar-refractivity contribution in [3.63, 3.8) is 0 Å². The number of nitrogens with zero attached hydrogens (tertiary/aromatic N) is 2. The Bertz CT molecular complexity index is 1440. The number of unbranched alkanes of at least 4 members (excludes halogenated alkanes) is 1. The topological polar surface area (TPSA) is 71.2 Å². The van der Waals surface area contributed by atoms with Crippen molar-refractivity contribution in [1.82, 2.24) is 4.98 Å². The van der Waals surface area contributed by atoms with Crippen LogP contribution in [0.15, 0.2) is 97.2 Å². The van der Waals surface area contributed by atoms with E-state index in [0.717, 1.165) is 12.0 Å². The van der Waals surface area contributed by atoms with Gasteiger partial charge in [0.2, 0.25) is 5.88 Å². The minimum absolute atomic E-state index is 0.0306. The number of piperidine rings is 1. The number of aryl methyl sites for hydroxylation is 1. The average molecular weight is 682 g/mol. The number of quaternary nitrogens is 1. The fraction of sp³-hybridized carbons (Fsp3) is 0.489. The number of hydrogen-bond acceptors (Lipinski definition) is 4. The molecule has 2 N–H and O–H groups in total. The first-order valence-electron chi connectivity index (χ1n) is 19.3. The van der Waals surface area contributed by atoms with Gasteiger partial charge in [-0.3, -0.25) is 0 Å². The van der Waals surface area contributed by atoms with E-state index in [0.29, 0.717) is 55.9 Å². The van der Waals surface area contributed by atoms with Crippen molar-refractivity contribution in [3.05, 3.63) is 130 Å². The van der Waals surface area contributed by atoms with E-state index >= 15 is 0 Å². The molecule has 1 aliphatic heterocycles. The molecule has 2 atom stereocenters. The van der Waals surface area contributed by atoms with Crippen molar-refractivity contribution >= 4 is 0 Å². The number of hydroxylamine groups is 3. The number of pyridine rings is 1. The van der Waals surface area contributed by atoms with E-state index in [1.807, 2.05) is 70.2 Å². The number of rotatable bonds is 11. The largest absolute Gasteiger partial charge is 0.633 e. The summed E-state index contributed by atoms with van der Waals surface area (Å²) >= 11 is 0. The number of ether oxygens (including phenoxy) is 1. The maximum absolute atomic E-state index is 14.0. The van der Waals surface area contributed by atoms with Gasteiger partial charge in [-0.1, -0.05) is 135 Å². The Morgan fingerprint density at radius 1 is 0.760 bits per heavy atom. The highest BCUT2D eigenvalue weighted by Gasteiger charge is 2.43. The maximum Gasteiger partial charge on any atom is 0.219 e. The van der Waals surface area contributed by atoms with Crippen LogP contribution in [0, 0.1) is 18.0 Å². The molecule has 0 bridgehead atoms. The highest BCUT2D eigenvalue weighted by molar-refractivity contribution is 5.40. The van der Waals surface area contributed by atoms with Crippen LogP contribution in [0.4, 0.5) is 0 Å². The number of likely N-dealkylation sites (tertiary alicyclic amines) is 1. The van der Waals surface area contributed by atoms with E-state index in [4.69, 9.17) is 10.5 Å². The Morgan fingerprint density at radius 3 is 1.74 bits per heavy atom. The van der Waals surface area contributed by atoms with Crippen molar-refractivity contribution in [3.8, 4) is 11.6 Å². The lowest BCUT2D eigenvalue weighted by Crippen LogP contribution is -2.59. The summed E-state index contributed by atoms with van der Waals surface area (Å²) in [6.07, 6.45) is 6.81. The average Bonchev–Trinajstić information content (AvgIpc) is 3.15. The minimum Gasteiger partial charge on any atom is -0.633 e. The minimum atomic E-state index is -0.495. The number of hydrogen-bond donors (Lipinski definition) is 1. The van der Waals surface area contributed by atoms with Crippen LogP contribution in [0.1, 0.15) is 134 Å². The standard InChI is InChI=1S/C37H45N3O2.C4H10.2C2H6/c1-5-34(27(2)3)30-15-17-32(18-16-30)36(31-13-9-28(4)10-14-31)37(38)21-24-40(41,25-22-37)26-29-11-19-33(20-12-29)42-35-8-6-7-23-39-35;1-3-4-2;2*1-2/h6-20,23,27,34,36H,5,21-22,24-26,38H2,1-4H3;3-4H2,1-2H3;2*1-2H3. The van der Waals surface area contributed by atoms with Crippen molar-refractivity contribution < 1.29 is 9.38 Å². The van der Waals surface area contributed by atoms with Crippen LogP contribution in [0.2, 0.25) is 0 Å². The monoisotopic (exact) mass is 682 g/mol. The number of nitrogens with two attached hydrogens (primary N) is 1. The summed E-state index contributed by atoms with van der Waals surface area (Å²) in [5, 5.41) is 14.0. The van der Waals surface area contributed by atoms with E-state index in [2.05, 4.69) is 95.1 Å². The quantitative estimate of drug-likeness (QED) is 0.126. The predicted molar refractivity (Wildman–Crippen MR) is 215 cm³/mol. The van der Waals surface area contributed by atoms with Gasteiger partial charge in [-0.25, -0.2) is 4.98 Å². The van der Waals surface area contributed by atoms with Crippen LogP contribution >= 0.6 is 0 Å². The normalized spacial score (nSPS) is 19.4. The Balaban J connectivity index is 0.000000996. The number of benzene rings is 3. The molecule has 50 heavy (non-hydrogen) atoms. The summed E-state index contributed by atoms with van der Waals surface area (Å²) in [5.74, 6) is 2.44. The van der Waals surface area contributed by atoms with Crippen LogP contribution in [0.5, 0.6) is 11.6 Å². The van der Waals surface area contributed by atoms with Crippen LogP contribution in [0.3, 0.4) is 0 Å². The van der Waals surface area contributed by atoms with Crippen LogP contribution in [-0.2, 0) is 6.54 Å². The first-order chi connectivity index (χ1) is 24.1. The predicted octanol–water partition coefficient (Wildman–Crippen LogP) is 12.3. The summed E-state index contributed by atoms with van der Waals surface area (Å²) in [6, 6.07) is 31.3. The van der Waals surface area contributed by atoms with Gasteiger partial charge in [0.15, 0.2) is 0 Å². The summed E-state index contributed by atoms with van der Waals surface area (Å²) < 4.78 is 5.56. The van der Waals surface area contributed by atoms with Gasteiger partial charge in [-0.15, -0.1) is 0 Å². The third kappa shape index (κ3) is 12.4. The fourth-order valence-electron chi connectivity index (χ4n) is 6.67. The van der Waals surface area contributed by atoms with Crippen molar-refractivity contribution in [2.24, 2.45) is 11.7 Å². The first kappa shape index (κ1) is 42.7. The summed E-state index contributed by atoms with van der Waals surface area (Å²) in [7, 11) is 0. The second-order valence-electron chi connectivity index (χ2n) is 13.6. The second kappa shape index (κ2) is 21.6. The molecular weight excluding hydrogens is 615 g/mol. The van der Waals surface area contributed by atoms with Gasteiger partial charge < -0.3 is 20.3 Å². The zero-order valence-electron chi connectivity index (χ0n) is 32.9. The summed E-state index contributed by atoms with van der Waals surface area (Å²) in [4.78, 5) is 4.21. The van der Waals surface area contributed by atoms with Crippen LogP contribution < -0.4 is 10.5 Å². The SMILES string of the molecule is CC.CC.CCC(c1ccc(C(c2ccc(C)cc2)C2(N)CC[N+]([O-])(Cc3ccc(Oc4ccccn4)cc3)CC2)cc1)C(C)C.CCCC. The Labute approximate surface area is 305 Å². The van der Waals surface area contributed by atoms with Crippen molar-refractivity contribution in [2.45, 2.75) is 125 Å². The summed E-state index contributed by atoms with van der Waals surface area (Å²) in [5.41, 5.74) is 12.9. The molecule has 5 heteroatoms. The van der Waals surface area contributed by atoms with Gasteiger partial charge in [0, 0.05) is 42.1 Å². The molecule has 0 aliphatic carbocycles. The molecule has 3 aromatic carbocycles. The Hall–Kier alpha value is -3.51. The van der Waals surface area contributed by atoms with E-state index < -0.39 is 5.54 Å². The third-order valence-electron chi connectivity index (χ3n) is 9.65. The summed E-state index contributed by atoms with van der Waals surface area (Å²) in [6.45, 7) is 22.8. The van der Waals surface area contributed by atoms with Crippen molar-refractivity contribution in [1.29, 1.82) is 0 Å². The van der Waals surface area contributed by atoms with Gasteiger partial charge in [-0.05, 0) is 72.2 Å². The zero-order chi connectivity index (χ0) is 37.2. The smallest absolute Gasteiger partial charge is 0.219 e. The molecule has 5 rings (SSSR count).